The number of carbonyl (C=O) groups excluding carboxylic acids is 1. The molecule has 5 rings (SSSR count). The number of hydrogen-bond acceptors (Lipinski definition) is 5. The van der Waals surface area contributed by atoms with Gasteiger partial charge in [0.2, 0.25) is 0 Å². The third kappa shape index (κ3) is 3.75. The molecule has 2 atom stereocenters. The van der Waals surface area contributed by atoms with Gasteiger partial charge >= 0.3 is 0 Å². The van der Waals surface area contributed by atoms with Crippen molar-refractivity contribution in [2.45, 2.75) is 23.3 Å². The van der Waals surface area contributed by atoms with E-state index in [1.54, 1.807) is 0 Å². The molecule has 0 aliphatic carbocycles. The summed E-state index contributed by atoms with van der Waals surface area (Å²) in [6.07, 6.45) is 0. The van der Waals surface area contributed by atoms with Gasteiger partial charge in [0.15, 0.2) is 5.78 Å². The first-order chi connectivity index (χ1) is 15.8. The first kappa shape index (κ1) is 22.7. The third-order valence-electron chi connectivity index (χ3n) is 8.37. The average molecular weight is 447 g/mol. The molecular weight excluding hydrogens is 408 g/mol. The van der Waals surface area contributed by atoms with Gasteiger partial charge < -0.3 is 14.7 Å². The van der Waals surface area contributed by atoms with Gasteiger partial charge in [-0.15, -0.1) is 0 Å². The molecule has 5 heteroatoms. The van der Waals surface area contributed by atoms with Crippen LogP contribution in [0.25, 0.3) is 0 Å². The second-order valence-electron chi connectivity index (χ2n) is 11.2. The van der Waals surface area contributed by atoms with Crippen LogP contribution in [0.15, 0.2) is 60.7 Å². The lowest BCUT2D eigenvalue weighted by Gasteiger charge is -2.60. The van der Waals surface area contributed by atoms with E-state index in [0.717, 1.165) is 63.5 Å². The summed E-state index contributed by atoms with van der Waals surface area (Å²) >= 11 is 0. The van der Waals surface area contributed by atoms with Gasteiger partial charge in [-0.2, -0.15) is 0 Å². The van der Waals surface area contributed by atoms with E-state index in [1.165, 1.54) is 0 Å². The second-order valence-corrected chi connectivity index (χ2v) is 11.2. The van der Waals surface area contributed by atoms with E-state index in [9.17, 15) is 4.79 Å². The third-order valence-corrected chi connectivity index (χ3v) is 8.37. The van der Waals surface area contributed by atoms with Crippen molar-refractivity contribution in [2.24, 2.45) is 0 Å². The van der Waals surface area contributed by atoms with Crippen molar-refractivity contribution in [1.29, 1.82) is 0 Å². The molecule has 3 fully saturated rings. The monoisotopic (exact) mass is 446 g/mol. The highest BCUT2D eigenvalue weighted by Crippen LogP contribution is 2.47. The Morgan fingerprint density at radius 3 is 1.45 bits per heavy atom. The molecule has 33 heavy (non-hydrogen) atoms. The van der Waals surface area contributed by atoms with Crippen LogP contribution in [0.1, 0.15) is 18.1 Å². The van der Waals surface area contributed by atoms with Crippen molar-refractivity contribution >= 4 is 5.78 Å². The summed E-state index contributed by atoms with van der Waals surface area (Å²) in [7, 11) is 6.66. The molecule has 3 aliphatic heterocycles. The van der Waals surface area contributed by atoms with Gasteiger partial charge in [0, 0.05) is 57.9 Å². The number of benzene rings is 2. The molecule has 5 nitrogen and oxygen atoms in total. The predicted molar refractivity (Wildman–Crippen MR) is 134 cm³/mol. The lowest BCUT2D eigenvalue weighted by Crippen LogP contribution is -2.76. The maximum absolute atomic E-state index is 14.7. The van der Waals surface area contributed by atoms with Crippen molar-refractivity contribution in [3.8, 4) is 0 Å². The number of nitrogens with zero attached hydrogens (tertiary/aromatic N) is 4. The maximum atomic E-state index is 14.7. The summed E-state index contributed by atoms with van der Waals surface area (Å²) in [6.45, 7) is 9.67. The van der Waals surface area contributed by atoms with Gasteiger partial charge in [-0.1, -0.05) is 60.7 Å². The van der Waals surface area contributed by atoms with Gasteiger partial charge in [-0.25, -0.2) is 0 Å². The van der Waals surface area contributed by atoms with Gasteiger partial charge in [-0.3, -0.25) is 9.69 Å². The first-order valence-corrected chi connectivity index (χ1v) is 12.2. The molecule has 0 spiro atoms. The average Bonchev–Trinajstić information content (AvgIpc) is 2.93. The molecule has 0 amide bonds. The molecule has 0 radical (unpaired) electrons. The minimum absolute atomic E-state index is 0.0311. The van der Waals surface area contributed by atoms with Gasteiger partial charge in [0.25, 0.3) is 0 Å². The van der Waals surface area contributed by atoms with Crippen molar-refractivity contribution in [3.05, 3.63) is 71.8 Å². The normalized spacial score (nSPS) is 31.9. The molecule has 0 N–H and O–H groups in total. The SMILES string of the molecule is CN1CCN(C)CC(C)(N2C[C@@]3(c4ccccc4)CN(C)C[C@@](c4ccccc4)(C2)C3=O)C1. The summed E-state index contributed by atoms with van der Waals surface area (Å²) in [5.41, 5.74) is 1.22. The van der Waals surface area contributed by atoms with Crippen LogP contribution in [0.5, 0.6) is 0 Å². The zero-order chi connectivity index (χ0) is 23.3. The van der Waals surface area contributed by atoms with E-state index in [0.29, 0.717) is 5.78 Å². The Morgan fingerprint density at radius 2 is 1.03 bits per heavy atom. The molecule has 2 bridgehead atoms. The Bertz CT molecular complexity index is 922. The van der Waals surface area contributed by atoms with E-state index in [4.69, 9.17) is 0 Å². The van der Waals surface area contributed by atoms with Gasteiger partial charge in [0.1, 0.15) is 0 Å². The fourth-order valence-electron chi connectivity index (χ4n) is 6.97. The Balaban J connectivity index is 1.68. The summed E-state index contributed by atoms with van der Waals surface area (Å²) in [4.78, 5) is 24.7. The summed E-state index contributed by atoms with van der Waals surface area (Å²) in [6, 6.07) is 21.1. The lowest BCUT2D eigenvalue weighted by atomic mass is 9.57. The van der Waals surface area contributed by atoms with Crippen LogP contribution >= 0.6 is 0 Å². The van der Waals surface area contributed by atoms with Crippen LogP contribution in [0, 0.1) is 0 Å². The number of ketones is 1. The fraction of sp³-hybridized carbons (Fsp3) is 0.536. The van der Waals surface area contributed by atoms with E-state index in [1.807, 2.05) is 0 Å². The van der Waals surface area contributed by atoms with E-state index in [-0.39, 0.29) is 5.54 Å². The molecule has 0 aromatic heterocycles. The van der Waals surface area contributed by atoms with Crippen molar-refractivity contribution in [2.75, 3.05) is 73.5 Å². The zero-order valence-corrected chi connectivity index (χ0v) is 20.6. The summed E-state index contributed by atoms with van der Waals surface area (Å²) < 4.78 is 0. The highest BCUT2D eigenvalue weighted by atomic mass is 16.1. The number of likely N-dealkylation sites (N-methyl/N-ethyl adjacent to an activating group) is 3. The number of rotatable bonds is 3. The van der Waals surface area contributed by atoms with Crippen molar-refractivity contribution in [1.82, 2.24) is 19.6 Å². The predicted octanol–water partition coefficient (Wildman–Crippen LogP) is 2.33. The Kier molecular flexibility index (Phi) is 5.73. The largest absolute Gasteiger partial charge is 0.304 e. The van der Waals surface area contributed by atoms with E-state index in [2.05, 4.69) is 108 Å². The number of likely N-dealkylation sites (tertiary alicyclic amines) is 2. The molecular formula is C28H38N4O. The van der Waals surface area contributed by atoms with Crippen molar-refractivity contribution < 1.29 is 4.79 Å². The number of fused-ring (bicyclic) bond motifs is 2. The minimum Gasteiger partial charge on any atom is -0.304 e. The molecule has 176 valence electrons. The van der Waals surface area contributed by atoms with Crippen LogP contribution in [-0.2, 0) is 15.6 Å². The molecule has 2 aromatic carbocycles. The standard InChI is InChI=1S/C28H38N4O/c1-26(17-29(2)15-16-30(3)18-26)32-21-27(23-11-7-5-8-12-23)19-31(4)20-28(22-32,25(27)33)24-13-9-6-10-14-24/h5-14H,15-22H2,1-4H3/t27-,28+. The highest BCUT2D eigenvalue weighted by molar-refractivity contribution is 6.01. The van der Waals surface area contributed by atoms with Crippen LogP contribution in [0.2, 0.25) is 0 Å². The van der Waals surface area contributed by atoms with E-state index < -0.39 is 10.8 Å². The summed E-state index contributed by atoms with van der Waals surface area (Å²) in [5, 5.41) is 0. The topological polar surface area (TPSA) is 30.0 Å². The van der Waals surface area contributed by atoms with E-state index >= 15 is 0 Å². The minimum atomic E-state index is -0.533. The quantitative estimate of drug-likeness (QED) is 0.722. The van der Waals surface area contributed by atoms with Gasteiger partial charge in [0.05, 0.1) is 10.8 Å². The number of hydrogen-bond donors (Lipinski definition) is 0. The van der Waals surface area contributed by atoms with Crippen LogP contribution in [-0.4, -0.2) is 104 Å². The number of Topliss-reactive ketones (excluding diaryl/α,β-unsaturated/α-hetero) is 1. The first-order valence-electron chi connectivity index (χ1n) is 12.2. The molecule has 0 unspecified atom stereocenters. The van der Waals surface area contributed by atoms with Crippen LogP contribution in [0.3, 0.4) is 0 Å². The number of carbonyl (C=O) groups is 1. The summed E-state index contributed by atoms with van der Waals surface area (Å²) in [5.74, 6) is 0.403. The molecule has 0 saturated carbocycles. The van der Waals surface area contributed by atoms with Crippen molar-refractivity contribution in [3.63, 3.8) is 0 Å². The Labute approximate surface area is 199 Å². The maximum Gasteiger partial charge on any atom is 0.159 e. The molecule has 3 heterocycles. The number of piperidine rings is 2. The van der Waals surface area contributed by atoms with Crippen LogP contribution < -0.4 is 0 Å². The van der Waals surface area contributed by atoms with Crippen LogP contribution in [0.4, 0.5) is 0 Å². The fourth-order valence-corrected chi connectivity index (χ4v) is 6.97. The molecule has 3 aliphatic rings. The molecule has 3 saturated heterocycles. The molecule has 2 aromatic rings. The Morgan fingerprint density at radius 1 is 0.606 bits per heavy atom. The Hall–Kier alpha value is -2.05. The van der Waals surface area contributed by atoms with Gasteiger partial charge in [-0.05, 0) is 39.2 Å². The lowest BCUT2D eigenvalue weighted by molar-refractivity contribution is -0.148. The zero-order valence-electron chi connectivity index (χ0n) is 20.6. The smallest absolute Gasteiger partial charge is 0.159 e. The second kappa shape index (κ2) is 8.31. The highest BCUT2D eigenvalue weighted by Gasteiger charge is 2.62.